The van der Waals surface area contributed by atoms with Gasteiger partial charge < -0.3 is 9.47 Å². The summed E-state index contributed by atoms with van der Waals surface area (Å²) in [4.78, 5) is 25.5. The molecule has 0 aromatic heterocycles. The largest absolute Gasteiger partial charge is 0.460 e. The van der Waals surface area contributed by atoms with Crippen molar-refractivity contribution in [2.24, 2.45) is 11.8 Å². The zero-order valence-corrected chi connectivity index (χ0v) is 19.9. The lowest BCUT2D eigenvalue weighted by Gasteiger charge is -2.25. The van der Waals surface area contributed by atoms with Gasteiger partial charge in [0.15, 0.2) is 0 Å². The Bertz CT molecular complexity index is 674. The molecule has 0 aliphatic heterocycles. The first-order valence-corrected chi connectivity index (χ1v) is 11.1. The molecule has 6 heteroatoms. The first-order chi connectivity index (χ1) is 12.7. The molecule has 0 spiro atoms. The molecule has 1 aromatic rings. The molecule has 1 aromatic carbocycles. The monoisotopic (exact) mass is 426 g/mol. The number of thiol groups is 1. The minimum absolute atomic E-state index is 0.193. The van der Waals surface area contributed by atoms with E-state index in [1.165, 1.54) is 0 Å². The maximum atomic E-state index is 12.3. The van der Waals surface area contributed by atoms with Gasteiger partial charge in [0, 0.05) is 15.9 Å². The Balaban J connectivity index is 2.73. The molecular weight excluding hydrogens is 392 g/mol. The van der Waals surface area contributed by atoms with Gasteiger partial charge in [-0.15, -0.1) is 11.8 Å². The van der Waals surface area contributed by atoms with Gasteiger partial charge in [-0.3, -0.25) is 9.59 Å². The SMILES string of the molecule is CC(CSc1cccc(C(S)C(C)C(=O)OC(C)(C)C)c1)C(=O)OC(C)(C)C. The number of hydrogen-bond acceptors (Lipinski definition) is 6. The second-order valence-electron chi connectivity index (χ2n) is 9.08. The number of hydrogen-bond donors (Lipinski definition) is 1. The Morgan fingerprint density at radius 1 is 1.00 bits per heavy atom. The lowest BCUT2D eigenvalue weighted by molar-refractivity contribution is -0.160. The molecule has 0 aliphatic rings. The van der Waals surface area contributed by atoms with Crippen LogP contribution in [-0.4, -0.2) is 28.9 Å². The van der Waals surface area contributed by atoms with E-state index in [1.807, 2.05) is 79.7 Å². The lowest BCUT2D eigenvalue weighted by atomic mass is 10.00. The van der Waals surface area contributed by atoms with Crippen molar-refractivity contribution in [2.75, 3.05) is 5.75 Å². The summed E-state index contributed by atoms with van der Waals surface area (Å²) in [5.74, 6) is -0.410. The van der Waals surface area contributed by atoms with Crippen molar-refractivity contribution in [1.82, 2.24) is 0 Å². The van der Waals surface area contributed by atoms with E-state index in [1.54, 1.807) is 11.8 Å². The number of thioether (sulfide) groups is 1. The molecule has 0 fully saturated rings. The van der Waals surface area contributed by atoms with E-state index < -0.39 is 11.2 Å². The third-order valence-electron chi connectivity index (χ3n) is 3.76. The first kappa shape index (κ1) is 24.9. The average Bonchev–Trinajstić information content (AvgIpc) is 2.55. The maximum Gasteiger partial charge on any atom is 0.310 e. The molecule has 0 amide bonds. The van der Waals surface area contributed by atoms with Crippen LogP contribution < -0.4 is 0 Å². The van der Waals surface area contributed by atoms with Crippen molar-refractivity contribution >= 4 is 36.3 Å². The molecule has 0 saturated heterocycles. The summed E-state index contributed by atoms with van der Waals surface area (Å²) in [5.41, 5.74) is -0.0435. The average molecular weight is 427 g/mol. The summed E-state index contributed by atoms with van der Waals surface area (Å²) in [6.45, 7) is 14.9. The molecule has 4 nitrogen and oxygen atoms in total. The Labute approximate surface area is 179 Å². The molecule has 0 aliphatic carbocycles. The molecule has 0 radical (unpaired) electrons. The summed E-state index contributed by atoms with van der Waals surface area (Å²) in [6, 6.07) is 7.92. The Hall–Kier alpha value is -1.14. The third-order valence-corrected chi connectivity index (χ3v) is 5.76. The van der Waals surface area contributed by atoms with E-state index >= 15 is 0 Å². The second-order valence-corrected chi connectivity index (χ2v) is 10.7. The predicted octanol–water partition coefficient (Wildman–Crippen LogP) is 5.71. The fourth-order valence-corrected chi connectivity index (χ4v) is 3.55. The van der Waals surface area contributed by atoms with Gasteiger partial charge >= 0.3 is 11.9 Å². The van der Waals surface area contributed by atoms with E-state index in [4.69, 9.17) is 9.47 Å². The number of carbonyl (C=O) groups is 2. The van der Waals surface area contributed by atoms with Crippen molar-refractivity contribution in [3.05, 3.63) is 29.8 Å². The van der Waals surface area contributed by atoms with Gasteiger partial charge in [-0.1, -0.05) is 26.0 Å². The number of esters is 2. The highest BCUT2D eigenvalue weighted by atomic mass is 32.2. The van der Waals surface area contributed by atoms with Gasteiger partial charge in [0.2, 0.25) is 0 Å². The highest BCUT2D eigenvalue weighted by Gasteiger charge is 2.28. The Morgan fingerprint density at radius 3 is 2.07 bits per heavy atom. The zero-order chi connectivity index (χ0) is 21.7. The van der Waals surface area contributed by atoms with Gasteiger partial charge in [-0.2, -0.15) is 12.6 Å². The molecule has 0 bridgehead atoms. The van der Waals surface area contributed by atoms with Crippen LogP contribution in [0.1, 0.15) is 66.2 Å². The Morgan fingerprint density at radius 2 is 1.54 bits per heavy atom. The van der Waals surface area contributed by atoms with Crippen LogP contribution >= 0.6 is 24.4 Å². The van der Waals surface area contributed by atoms with Crippen molar-refractivity contribution in [2.45, 2.75) is 76.7 Å². The highest BCUT2D eigenvalue weighted by Crippen LogP contribution is 2.33. The summed E-state index contributed by atoms with van der Waals surface area (Å²) in [5, 5.41) is -0.265. The van der Waals surface area contributed by atoms with Crippen LogP contribution in [0.2, 0.25) is 0 Å². The number of ether oxygens (including phenoxy) is 2. The van der Waals surface area contributed by atoms with E-state index in [2.05, 4.69) is 12.6 Å². The maximum absolute atomic E-state index is 12.3. The topological polar surface area (TPSA) is 52.6 Å². The summed E-state index contributed by atoms with van der Waals surface area (Å²) >= 11 is 6.25. The molecule has 0 saturated carbocycles. The molecule has 158 valence electrons. The standard InChI is InChI=1S/C22H34O4S2/c1-14(19(23)25-21(3,4)5)13-28-17-11-9-10-16(12-17)18(27)15(2)20(24)26-22(6,7)8/h9-12,14-15,18,27H,13H2,1-8H3. The fourth-order valence-electron chi connectivity index (χ4n) is 2.29. The van der Waals surface area contributed by atoms with Gasteiger partial charge in [-0.05, 0) is 59.2 Å². The summed E-state index contributed by atoms with van der Waals surface area (Å²) < 4.78 is 10.9. The van der Waals surface area contributed by atoms with Gasteiger partial charge in [0.25, 0.3) is 0 Å². The molecule has 3 atom stereocenters. The molecule has 0 heterocycles. The van der Waals surface area contributed by atoms with Gasteiger partial charge in [0.05, 0.1) is 11.8 Å². The van der Waals surface area contributed by atoms with E-state index in [-0.39, 0.29) is 29.0 Å². The molecule has 3 unspecified atom stereocenters. The summed E-state index contributed by atoms with van der Waals surface area (Å²) in [6.07, 6.45) is 0. The van der Waals surface area contributed by atoms with E-state index in [0.717, 1.165) is 10.5 Å². The van der Waals surface area contributed by atoms with Gasteiger partial charge in [-0.25, -0.2) is 0 Å². The van der Waals surface area contributed by atoms with Crippen molar-refractivity contribution in [1.29, 1.82) is 0 Å². The fraction of sp³-hybridized carbons (Fsp3) is 0.636. The van der Waals surface area contributed by atoms with Crippen molar-refractivity contribution in [3.8, 4) is 0 Å². The van der Waals surface area contributed by atoms with Crippen LogP contribution in [0.25, 0.3) is 0 Å². The quantitative estimate of drug-likeness (QED) is 0.344. The van der Waals surface area contributed by atoms with Crippen LogP contribution in [0.3, 0.4) is 0 Å². The van der Waals surface area contributed by atoms with Crippen LogP contribution in [0.15, 0.2) is 29.2 Å². The van der Waals surface area contributed by atoms with E-state index in [9.17, 15) is 9.59 Å². The van der Waals surface area contributed by atoms with Crippen LogP contribution in [0.5, 0.6) is 0 Å². The number of rotatable bonds is 7. The van der Waals surface area contributed by atoms with Crippen LogP contribution in [0, 0.1) is 11.8 Å². The van der Waals surface area contributed by atoms with E-state index in [0.29, 0.717) is 5.75 Å². The highest BCUT2D eigenvalue weighted by molar-refractivity contribution is 7.99. The molecule has 0 N–H and O–H groups in total. The number of benzene rings is 1. The first-order valence-electron chi connectivity index (χ1n) is 9.56. The minimum Gasteiger partial charge on any atom is -0.460 e. The molecular formula is C22H34O4S2. The Kier molecular flexibility index (Phi) is 8.94. The van der Waals surface area contributed by atoms with Crippen LogP contribution in [-0.2, 0) is 19.1 Å². The normalized spacial score (nSPS) is 15.5. The predicted molar refractivity (Wildman–Crippen MR) is 119 cm³/mol. The minimum atomic E-state index is -0.520. The number of carbonyl (C=O) groups excluding carboxylic acids is 2. The van der Waals surface area contributed by atoms with Crippen LogP contribution in [0.4, 0.5) is 0 Å². The third kappa shape index (κ3) is 8.91. The molecule has 1 rings (SSSR count). The lowest BCUT2D eigenvalue weighted by Crippen LogP contribution is -2.29. The second kappa shape index (κ2) is 10.1. The van der Waals surface area contributed by atoms with Crippen molar-refractivity contribution < 1.29 is 19.1 Å². The summed E-state index contributed by atoms with van der Waals surface area (Å²) in [7, 11) is 0. The van der Waals surface area contributed by atoms with Gasteiger partial charge in [0.1, 0.15) is 11.2 Å². The molecule has 28 heavy (non-hydrogen) atoms. The smallest absolute Gasteiger partial charge is 0.310 e. The zero-order valence-electron chi connectivity index (χ0n) is 18.2. The van der Waals surface area contributed by atoms with Crippen molar-refractivity contribution in [3.63, 3.8) is 0 Å².